The van der Waals surface area contributed by atoms with E-state index in [-0.39, 0.29) is 6.61 Å². The van der Waals surface area contributed by atoms with Crippen LogP contribution in [0.2, 0.25) is 0 Å². The number of hydrogen-bond donors (Lipinski definition) is 2. The minimum atomic E-state index is 0.256. The molecule has 0 bridgehead atoms. The van der Waals surface area contributed by atoms with Crippen molar-refractivity contribution in [1.29, 1.82) is 0 Å². The normalized spacial score (nSPS) is 11.5. The highest BCUT2D eigenvalue weighted by atomic mass is 16.3. The van der Waals surface area contributed by atoms with Crippen molar-refractivity contribution >= 4 is 0 Å². The number of rotatable bonds is 18. The largest absolute Gasteiger partial charge is 0.395 e. The molecule has 2 N–H and O–H groups in total. The van der Waals surface area contributed by atoms with Gasteiger partial charge in [0.05, 0.1) is 6.61 Å². The first-order valence-corrected chi connectivity index (χ1v) is 9.88. The van der Waals surface area contributed by atoms with E-state index in [2.05, 4.69) is 24.4 Å². The maximum atomic E-state index is 8.63. The van der Waals surface area contributed by atoms with Crippen LogP contribution in [0, 0.1) is 0 Å². The molecular formula is C20H41NO. The predicted octanol–water partition coefficient (Wildman–Crippen LogP) is 5.61. The molecule has 0 heterocycles. The summed E-state index contributed by atoms with van der Waals surface area (Å²) in [5, 5.41) is 11.9. The Hall–Kier alpha value is -0.340. The summed E-state index contributed by atoms with van der Waals surface area (Å²) in [7, 11) is 0. The van der Waals surface area contributed by atoms with Crippen LogP contribution in [-0.2, 0) is 0 Å². The van der Waals surface area contributed by atoms with E-state index in [1.807, 2.05) is 0 Å². The van der Waals surface area contributed by atoms with Gasteiger partial charge in [0, 0.05) is 6.54 Å². The third kappa shape index (κ3) is 19.7. The molecule has 132 valence electrons. The first-order valence-electron chi connectivity index (χ1n) is 9.88. The van der Waals surface area contributed by atoms with Crippen LogP contribution in [0.5, 0.6) is 0 Å². The Kier molecular flexibility index (Phi) is 20.3. The first kappa shape index (κ1) is 21.7. The molecule has 0 spiro atoms. The lowest BCUT2D eigenvalue weighted by molar-refractivity contribution is 0.292. The maximum Gasteiger partial charge on any atom is 0.0555 e. The third-order valence-electron chi connectivity index (χ3n) is 4.15. The lowest BCUT2D eigenvalue weighted by Crippen LogP contribution is -2.19. The quantitative estimate of drug-likeness (QED) is 0.255. The summed E-state index contributed by atoms with van der Waals surface area (Å²) in [6.45, 7) is 4.33. The molecule has 0 aliphatic carbocycles. The van der Waals surface area contributed by atoms with Crippen LogP contribution in [0.25, 0.3) is 0 Å². The minimum Gasteiger partial charge on any atom is -0.395 e. The van der Waals surface area contributed by atoms with Gasteiger partial charge >= 0.3 is 0 Å². The fourth-order valence-electron chi connectivity index (χ4n) is 2.70. The van der Waals surface area contributed by atoms with Crippen LogP contribution in [0.3, 0.4) is 0 Å². The fourth-order valence-corrected chi connectivity index (χ4v) is 2.70. The number of nitrogens with one attached hydrogen (secondary N) is 1. The van der Waals surface area contributed by atoms with Crippen molar-refractivity contribution in [3.63, 3.8) is 0 Å². The third-order valence-corrected chi connectivity index (χ3v) is 4.15. The molecule has 0 amide bonds. The minimum absolute atomic E-state index is 0.256. The second-order valence-electron chi connectivity index (χ2n) is 6.41. The smallest absolute Gasteiger partial charge is 0.0555 e. The molecule has 0 fully saturated rings. The molecule has 0 atom stereocenters. The standard InChI is InChI=1S/C20H41NO/c1-2-3-4-5-6-7-8-9-10-11-12-13-14-15-16-17-18-21-19-20-22/h9-10,21-22H,2-8,11-20H2,1H3/b10-9+. The molecule has 2 nitrogen and oxygen atoms in total. The molecule has 0 aromatic carbocycles. The van der Waals surface area contributed by atoms with Crippen molar-refractivity contribution in [1.82, 2.24) is 5.32 Å². The van der Waals surface area contributed by atoms with Crippen molar-refractivity contribution < 1.29 is 5.11 Å². The van der Waals surface area contributed by atoms with Crippen molar-refractivity contribution in [2.45, 2.75) is 96.8 Å². The molecular weight excluding hydrogens is 270 g/mol. The monoisotopic (exact) mass is 311 g/mol. The van der Waals surface area contributed by atoms with Gasteiger partial charge in [0.25, 0.3) is 0 Å². The van der Waals surface area contributed by atoms with Gasteiger partial charge in [0.15, 0.2) is 0 Å². The van der Waals surface area contributed by atoms with Crippen LogP contribution < -0.4 is 5.32 Å². The zero-order chi connectivity index (χ0) is 16.1. The van der Waals surface area contributed by atoms with Gasteiger partial charge < -0.3 is 10.4 Å². The van der Waals surface area contributed by atoms with E-state index in [0.717, 1.165) is 13.1 Å². The lowest BCUT2D eigenvalue weighted by Gasteiger charge is -2.02. The van der Waals surface area contributed by atoms with E-state index >= 15 is 0 Å². The summed E-state index contributed by atoms with van der Waals surface area (Å²) in [5.74, 6) is 0. The summed E-state index contributed by atoms with van der Waals surface area (Å²) in [6, 6.07) is 0. The average Bonchev–Trinajstić information content (AvgIpc) is 2.54. The van der Waals surface area contributed by atoms with Gasteiger partial charge in [-0.05, 0) is 38.6 Å². The maximum absolute atomic E-state index is 8.63. The molecule has 2 heteroatoms. The molecule has 0 rings (SSSR count). The summed E-state index contributed by atoms with van der Waals surface area (Å²) >= 11 is 0. The van der Waals surface area contributed by atoms with E-state index < -0.39 is 0 Å². The average molecular weight is 312 g/mol. The molecule has 22 heavy (non-hydrogen) atoms. The first-order chi connectivity index (χ1) is 10.9. The summed E-state index contributed by atoms with van der Waals surface area (Å²) < 4.78 is 0. The van der Waals surface area contributed by atoms with Crippen molar-refractivity contribution in [2.24, 2.45) is 0 Å². The van der Waals surface area contributed by atoms with Crippen LogP contribution in [0.1, 0.15) is 96.8 Å². The zero-order valence-corrected chi connectivity index (χ0v) is 15.1. The zero-order valence-electron chi connectivity index (χ0n) is 15.1. The van der Waals surface area contributed by atoms with Gasteiger partial charge in [-0.25, -0.2) is 0 Å². The van der Waals surface area contributed by atoms with E-state index in [4.69, 9.17) is 5.11 Å². The number of hydrogen-bond acceptors (Lipinski definition) is 2. The molecule has 0 saturated heterocycles. The van der Waals surface area contributed by atoms with E-state index in [1.54, 1.807) is 0 Å². The topological polar surface area (TPSA) is 32.3 Å². The van der Waals surface area contributed by atoms with Crippen LogP contribution in [0.15, 0.2) is 12.2 Å². The number of aliphatic hydroxyl groups is 1. The fraction of sp³-hybridized carbons (Fsp3) is 0.900. The highest BCUT2D eigenvalue weighted by Gasteiger charge is 1.91. The molecule has 0 saturated carbocycles. The van der Waals surface area contributed by atoms with E-state index in [9.17, 15) is 0 Å². The number of unbranched alkanes of at least 4 members (excludes halogenated alkanes) is 12. The SMILES string of the molecule is CCCCCCCC/C=C/CCCCCCCCNCCO. The number of aliphatic hydroxyl groups excluding tert-OH is 1. The van der Waals surface area contributed by atoms with Crippen molar-refractivity contribution in [2.75, 3.05) is 19.7 Å². The van der Waals surface area contributed by atoms with E-state index in [1.165, 1.54) is 89.9 Å². The Morgan fingerprint density at radius 3 is 1.68 bits per heavy atom. The molecule has 0 radical (unpaired) electrons. The van der Waals surface area contributed by atoms with Gasteiger partial charge in [-0.1, -0.05) is 76.9 Å². The van der Waals surface area contributed by atoms with Gasteiger partial charge in [0.2, 0.25) is 0 Å². The summed E-state index contributed by atoms with van der Waals surface area (Å²) in [6.07, 6.45) is 23.8. The highest BCUT2D eigenvalue weighted by molar-refractivity contribution is 4.81. The molecule has 0 unspecified atom stereocenters. The Morgan fingerprint density at radius 1 is 0.636 bits per heavy atom. The van der Waals surface area contributed by atoms with Crippen molar-refractivity contribution in [3.8, 4) is 0 Å². The summed E-state index contributed by atoms with van der Waals surface area (Å²) in [4.78, 5) is 0. The van der Waals surface area contributed by atoms with Gasteiger partial charge in [-0.2, -0.15) is 0 Å². The van der Waals surface area contributed by atoms with Crippen LogP contribution in [0.4, 0.5) is 0 Å². The van der Waals surface area contributed by atoms with Gasteiger partial charge in [-0.3, -0.25) is 0 Å². The molecule has 0 aromatic rings. The second-order valence-corrected chi connectivity index (χ2v) is 6.41. The molecule has 0 aliphatic heterocycles. The molecule has 0 aliphatic rings. The van der Waals surface area contributed by atoms with Crippen LogP contribution in [-0.4, -0.2) is 24.8 Å². The Morgan fingerprint density at radius 2 is 1.14 bits per heavy atom. The Labute approximate surface area is 139 Å². The van der Waals surface area contributed by atoms with E-state index in [0.29, 0.717) is 0 Å². The predicted molar refractivity (Wildman–Crippen MR) is 99.4 cm³/mol. The van der Waals surface area contributed by atoms with Gasteiger partial charge in [0.1, 0.15) is 0 Å². The highest BCUT2D eigenvalue weighted by Crippen LogP contribution is 2.09. The number of allylic oxidation sites excluding steroid dienone is 2. The van der Waals surface area contributed by atoms with Crippen molar-refractivity contribution in [3.05, 3.63) is 12.2 Å². The molecule has 0 aromatic heterocycles. The lowest BCUT2D eigenvalue weighted by atomic mass is 10.1. The Bertz CT molecular complexity index is 216. The van der Waals surface area contributed by atoms with Gasteiger partial charge in [-0.15, -0.1) is 0 Å². The second kappa shape index (κ2) is 20.7. The summed E-state index contributed by atoms with van der Waals surface area (Å²) in [5.41, 5.74) is 0. The Balaban J connectivity index is 3.02. The van der Waals surface area contributed by atoms with Crippen LogP contribution >= 0.6 is 0 Å².